The van der Waals surface area contributed by atoms with Gasteiger partial charge in [-0.05, 0) is 61.1 Å². The summed E-state index contributed by atoms with van der Waals surface area (Å²) in [4.78, 5) is 19.0. The Balaban J connectivity index is 1.37. The second-order valence-electron chi connectivity index (χ2n) is 7.31. The first-order valence-electron chi connectivity index (χ1n) is 9.96. The van der Waals surface area contributed by atoms with Gasteiger partial charge in [0.25, 0.3) is 0 Å². The second-order valence-corrected chi connectivity index (χ2v) is 8.12. The number of rotatable bonds is 5. The molecule has 0 radical (unpaired) electrons. The third-order valence-corrected chi connectivity index (χ3v) is 6.03. The van der Waals surface area contributed by atoms with Crippen molar-refractivity contribution < 1.29 is 9.53 Å². The molecule has 0 bridgehead atoms. The van der Waals surface area contributed by atoms with Crippen molar-refractivity contribution in [2.45, 2.75) is 25.8 Å². The summed E-state index contributed by atoms with van der Waals surface area (Å²) in [6.07, 6.45) is 5.52. The Morgan fingerprint density at radius 2 is 1.97 bits per heavy atom. The van der Waals surface area contributed by atoms with E-state index in [-0.39, 0.29) is 12.1 Å². The van der Waals surface area contributed by atoms with Gasteiger partial charge in [0.2, 0.25) is 0 Å². The third kappa shape index (κ3) is 4.71. The number of amides is 2. The Kier molecular flexibility index (Phi) is 6.13. The highest BCUT2D eigenvalue weighted by Crippen LogP contribution is 2.32. The van der Waals surface area contributed by atoms with E-state index >= 15 is 0 Å². The lowest BCUT2D eigenvalue weighted by Crippen LogP contribution is -2.46. The first-order valence-corrected chi connectivity index (χ1v) is 10.7. The number of carbonyl (C=O) groups is 1. The number of methoxy groups -OCH3 is 1. The molecule has 1 aromatic carbocycles. The van der Waals surface area contributed by atoms with E-state index in [1.165, 1.54) is 17.2 Å². The van der Waals surface area contributed by atoms with Gasteiger partial charge in [0.15, 0.2) is 0 Å². The van der Waals surface area contributed by atoms with Crippen LogP contribution in [0.15, 0.2) is 48.8 Å². The molecule has 0 spiro atoms. The third-order valence-electron chi connectivity index (χ3n) is 5.23. The van der Waals surface area contributed by atoms with Crippen LogP contribution < -0.4 is 20.3 Å². The van der Waals surface area contributed by atoms with Crippen molar-refractivity contribution in [2.75, 3.05) is 30.4 Å². The monoisotopic (exact) mass is 423 g/mol. The molecular weight excluding hydrogens is 398 g/mol. The molecule has 2 amide bonds. The molecule has 3 aromatic rings. The van der Waals surface area contributed by atoms with E-state index in [2.05, 4.69) is 43.1 Å². The molecular formula is C22H25N5O2S. The average molecular weight is 424 g/mol. The maximum absolute atomic E-state index is 12.3. The summed E-state index contributed by atoms with van der Waals surface area (Å²) in [5, 5.41) is 6.72. The highest BCUT2D eigenvalue weighted by molar-refractivity contribution is 7.10. The highest BCUT2D eigenvalue weighted by Gasteiger charge is 2.23. The first-order chi connectivity index (χ1) is 14.6. The lowest BCUT2D eigenvalue weighted by molar-refractivity contribution is 0.246. The van der Waals surface area contributed by atoms with Crippen LogP contribution in [0.25, 0.3) is 11.1 Å². The van der Waals surface area contributed by atoms with Gasteiger partial charge in [0, 0.05) is 42.8 Å². The molecule has 3 heterocycles. The van der Waals surface area contributed by atoms with Gasteiger partial charge < -0.3 is 15.0 Å². The Labute approximate surface area is 180 Å². The fourth-order valence-electron chi connectivity index (χ4n) is 3.68. The first kappa shape index (κ1) is 20.2. The molecule has 0 saturated carbocycles. The van der Waals surface area contributed by atoms with Gasteiger partial charge >= 0.3 is 6.03 Å². The Bertz CT molecular complexity index is 997. The largest absolute Gasteiger partial charge is 0.497 e. The molecule has 4 rings (SSSR count). The average Bonchev–Trinajstić information content (AvgIpc) is 3.18. The molecule has 2 aromatic heterocycles. The quantitative estimate of drug-likeness (QED) is 0.639. The van der Waals surface area contributed by atoms with Crippen LogP contribution >= 0.6 is 11.5 Å². The molecule has 0 unspecified atom stereocenters. The molecule has 8 heteroatoms. The molecule has 1 saturated heterocycles. The summed E-state index contributed by atoms with van der Waals surface area (Å²) in [7, 11) is 1.67. The van der Waals surface area contributed by atoms with Crippen molar-refractivity contribution in [3.8, 4) is 16.9 Å². The maximum Gasteiger partial charge on any atom is 0.320 e. The summed E-state index contributed by atoms with van der Waals surface area (Å²) in [5.41, 5.74) is 4.29. The highest BCUT2D eigenvalue weighted by atomic mass is 32.1. The number of hydrogen-bond donors (Lipinski definition) is 2. The molecule has 156 valence electrons. The summed E-state index contributed by atoms with van der Waals surface area (Å²) >= 11 is 1.30. The minimum absolute atomic E-state index is 0.154. The number of ether oxygens (including phenoxy) is 1. The SMILES string of the molecule is COc1ccc(-c2cnccc2N2CCC(NC(=O)Nc3cc(C)ns3)CC2)cc1. The standard InChI is InChI=1S/C22H25N5O2S/c1-15-13-21(30-26-15)25-22(28)24-17-8-11-27(12-9-17)20-7-10-23-14-19(20)16-3-5-18(29-2)6-4-16/h3-7,10,13-14,17H,8-9,11-12H2,1-2H3,(H2,24,25,28). The fourth-order valence-corrected chi connectivity index (χ4v) is 4.33. The van der Waals surface area contributed by atoms with E-state index in [0.29, 0.717) is 0 Å². The second kappa shape index (κ2) is 9.13. The van der Waals surface area contributed by atoms with E-state index in [1.807, 2.05) is 37.5 Å². The molecule has 1 fully saturated rings. The van der Waals surface area contributed by atoms with Crippen molar-refractivity contribution in [3.63, 3.8) is 0 Å². The summed E-state index contributed by atoms with van der Waals surface area (Å²) in [6, 6.07) is 12.0. The van der Waals surface area contributed by atoms with Gasteiger partial charge in [0.1, 0.15) is 10.8 Å². The van der Waals surface area contributed by atoms with Crippen LogP contribution in [0, 0.1) is 6.92 Å². The minimum Gasteiger partial charge on any atom is -0.497 e. The summed E-state index contributed by atoms with van der Waals surface area (Å²) < 4.78 is 9.45. The van der Waals surface area contributed by atoms with Crippen molar-refractivity contribution in [2.24, 2.45) is 0 Å². The van der Waals surface area contributed by atoms with E-state index in [0.717, 1.165) is 53.5 Å². The number of carbonyl (C=O) groups excluding carboxylic acids is 1. The molecule has 0 atom stereocenters. The van der Waals surface area contributed by atoms with Gasteiger partial charge in [-0.2, -0.15) is 4.37 Å². The molecule has 30 heavy (non-hydrogen) atoms. The van der Waals surface area contributed by atoms with Gasteiger partial charge in [-0.3, -0.25) is 10.3 Å². The lowest BCUT2D eigenvalue weighted by Gasteiger charge is -2.35. The van der Waals surface area contributed by atoms with Gasteiger partial charge in [0.05, 0.1) is 12.8 Å². The molecule has 0 aliphatic carbocycles. The zero-order valence-corrected chi connectivity index (χ0v) is 17.9. The van der Waals surface area contributed by atoms with Crippen molar-refractivity contribution >= 4 is 28.3 Å². The smallest absolute Gasteiger partial charge is 0.320 e. The van der Waals surface area contributed by atoms with Gasteiger partial charge in [-0.15, -0.1) is 0 Å². The van der Waals surface area contributed by atoms with Crippen LogP contribution in [0.2, 0.25) is 0 Å². The van der Waals surface area contributed by atoms with E-state index in [9.17, 15) is 4.79 Å². The lowest BCUT2D eigenvalue weighted by atomic mass is 10.0. The van der Waals surface area contributed by atoms with E-state index in [1.54, 1.807) is 7.11 Å². The Morgan fingerprint density at radius 3 is 2.63 bits per heavy atom. The number of nitrogens with one attached hydrogen (secondary N) is 2. The predicted octanol–water partition coefficient (Wildman–Crippen LogP) is 4.31. The number of benzene rings is 1. The number of pyridine rings is 1. The number of piperidine rings is 1. The normalized spacial score (nSPS) is 14.4. The number of anilines is 2. The molecule has 1 aliphatic heterocycles. The van der Waals surface area contributed by atoms with Gasteiger partial charge in [-0.1, -0.05) is 12.1 Å². The number of aryl methyl sites for hydroxylation is 1. The minimum atomic E-state index is -0.167. The fraction of sp³-hybridized carbons (Fsp3) is 0.318. The molecule has 7 nitrogen and oxygen atoms in total. The van der Waals surface area contributed by atoms with Gasteiger partial charge in [-0.25, -0.2) is 4.79 Å². The zero-order valence-electron chi connectivity index (χ0n) is 17.1. The van der Waals surface area contributed by atoms with Crippen LogP contribution in [0.3, 0.4) is 0 Å². The summed E-state index contributed by atoms with van der Waals surface area (Å²) in [5.74, 6) is 0.836. The molecule has 2 N–H and O–H groups in total. The maximum atomic E-state index is 12.3. The topological polar surface area (TPSA) is 79.4 Å². The van der Waals surface area contributed by atoms with Crippen LogP contribution in [0.1, 0.15) is 18.5 Å². The van der Waals surface area contributed by atoms with Crippen LogP contribution in [0.4, 0.5) is 15.5 Å². The number of nitrogens with zero attached hydrogens (tertiary/aromatic N) is 3. The van der Waals surface area contributed by atoms with Crippen LogP contribution in [-0.2, 0) is 0 Å². The van der Waals surface area contributed by atoms with Crippen LogP contribution in [-0.4, -0.2) is 41.6 Å². The number of hydrogen-bond acceptors (Lipinski definition) is 6. The van der Waals surface area contributed by atoms with E-state index < -0.39 is 0 Å². The predicted molar refractivity (Wildman–Crippen MR) is 120 cm³/mol. The van der Waals surface area contributed by atoms with E-state index in [4.69, 9.17) is 4.74 Å². The van der Waals surface area contributed by atoms with Crippen molar-refractivity contribution in [1.29, 1.82) is 0 Å². The van der Waals surface area contributed by atoms with Crippen molar-refractivity contribution in [1.82, 2.24) is 14.7 Å². The Morgan fingerprint density at radius 1 is 1.20 bits per heavy atom. The zero-order chi connectivity index (χ0) is 20.9. The number of aromatic nitrogens is 2. The Hall–Kier alpha value is -3.13. The number of urea groups is 1. The molecule has 1 aliphatic rings. The van der Waals surface area contributed by atoms with Crippen LogP contribution in [0.5, 0.6) is 5.75 Å². The van der Waals surface area contributed by atoms with Crippen molar-refractivity contribution in [3.05, 3.63) is 54.5 Å². The summed E-state index contributed by atoms with van der Waals surface area (Å²) in [6.45, 7) is 3.66.